The minimum Gasteiger partial charge on any atom is -0.486 e. The van der Waals surface area contributed by atoms with Crippen LogP contribution in [0.25, 0.3) is 0 Å². The van der Waals surface area contributed by atoms with Crippen LogP contribution < -0.4 is 19.7 Å². The molecule has 2 heterocycles. The third-order valence-corrected chi connectivity index (χ3v) is 5.33. The number of nitrogens with one attached hydrogen (secondary N) is 1. The summed E-state index contributed by atoms with van der Waals surface area (Å²) in [6, 6.07) is 13.3. The zero-order valence-corrected chi connectivity index (χ0v) is 17.0. The lowest BCUT2D eigenvalue weighted by Gasteiger charge is -2.24. The molecule has 1 N–H and O–H groups in total. The Labute approximate surface area is 170 Å². The van der Waals surface area contributed by atoms with E-state index in [0.29, 0.717) is 31.3 Å². The SMILES string of the molecule is CC(C)(C)c1ccccc1NC(=O)[C@@H]1CC(=O)N(c2ccc3c(c2)OCCO3)C1. The van der Waals surface area contributed by atoms with Crippen molar-refractivity contribution < 1.29 is 19.1 Å². The van der Waals surface area contributed by atoms with Gasteiger partial charge in [-0.1, -0.05) is 39.0 Å². The van der Waals surface area contributed by atoms with Crippen molar-refractivity contribution in [3.05, 3.63) is 48.0 Å². The number of carbonyl (C=O) groups excluding carboxylic acids is 2. The van der Waals surface area contributed by atoms with Crippen molar-refractivity contribution in [3.63, 3.8) is 0 Å². The van der Waals surface area contributed by atoms with Gasteiger partial charge < -0.3 is 19.7 Å². The van der Waals surface area contributed by atoms with E-state index in [9.17, 15) is 9.59 Å². The standard InChI is InChI=1S/C23H26N2O4/c1-23(2,3)17-6-4-5-7-18(17)24-22(27)15-12-21(26)25(14-15)16-8-9-19-20(13-16)29-11-10-28-19/h4-9,13,15H,10-12,14H2,1-3H3,(H,24,27)/t15-/m1/s1. The molecule has 152 valence electrons. The van der Waals surface area contributed by atoms with Gasteiger partial charge in [0.25, 0.3) is 0 Å². The van der Waals surface area contributed by atoms with E-state index in [1.54, 1.807) is 4.90 Å². The first-order chi connectivity index (χ1) is 13.8. The topological polar surface area (TPSA) is 67.9 Å². The molecule has 0 aromatic heterocycles. The second-order valence-electron chi connectivity index (χ2n) is 8.52. The summed E-state index contributed by atoms with van der Waals surface area (Å²) in [4.78, 5) is 27.2. The first kappa shape index (κ1) is 19.3. The Bertz CT molecular complexity index is 948. The average Bonchev–Trinajstić information content (AvgIpc) is 3.09. The molecule has 29 heavy (non-hydrogen) atoms. The molecular weight excluding hydrogens is 368 g/mol. The first-order valence-corrected chi connectivity index (χ1v) is 9.93. The number of benzene rings is 2. The van der Waals surface area contributed by atoms with Crippen LogP contribution in [0.2, 0.25) is 0 Å². The molecule has 2 amide bonds. The monoisotopic (exact) mass is 394 g/mol. The van der Waals surface area contributed by atoms with Gasteiger partial charge in [0.2, 0.25) is 11.8 Å². The number of para-hydroxylation sites is 1. The fraction of sp³-hybridized carbons (Fsp3) is 0.391. The van der Waals surface area contributed by atoms with Gasteiger partial charge in [0.05, 0.1) is 5.92 Å². The number of nitrogens with zero attached hydrogens (tertiary/aromatic N) is 1. The third kappa shape index (κ3) is 3.92. The largest absolute Gasteiger partial charge is 0.486 e. The Hall–Kier alpha value is -3.02. The van der Waals surface area contributed by atoms with Crippen LogP contribution in [0.5, 0.6) is 11.5 Å². The number of amides is 2. The van der Waals surface area contributed by atoms with Gasteiger partial charge in [-0.25, -0.2) is 0 Å². The number of fused-ring (bicyclic) bond motifs is 1. The molecule has 2 aliphatic rings. The van der Waals surface area contributed by atoms with Crippen LogP contribution >= 0.6 is 0 Å². The highest BCUT2D eigenvalue weighted by molar-refractivity contribution is 6.03. The van der Waals surface area contributed by atoms with E-state index in [0.717, 1.165) is 16.9 Å². The number of hydrogen-bond donors (Lipinski definition) is 1. The summed E-state index contributed by atoms with van der Waals surface area (Å²) in [7, 11) is 0. The van der Waals surface area contributed by atoms with Crippen LogP contribution in [0.1, 0.15) is 32.8 Å². The Morgan fingerprint density at radius 2 is 1.79 bits per heavy atom. The van der Waals surface area contributed by atoms with Crippen molar-refractivity contribution in [2.45, 2.75) is 32.6 Å². The molecule has 1 saturated heterocycles. The van der Waals surface area contributed by atoms with Crippen LogP contribution in [0.3, 0.4) is 0 Å². The van der Waals surface area contributed by atoms with Crippen molar-refractivity contribution in [2.24, 2.45) is 5.92 Å². The Balaban J connectivity index is 1.49. The molecule has 2 aromatic carbocycles. The smallest absolute Gasteiger partial charge is 0.229 e. The maximum absolute atomic E-state index is 12.9. The zero-order valence-electron chi connectivity index (χ0n) is 17.0. The summed E-state index contributed by atoms with van der Waals surface area (Å²) in [5, 5.41) is 3.04. The maximum atomic E-state index is 12.9. The van der Waals surface area contributed by atoms with Gasteiger partial charge >= 0.3 is 0 Å². The molecule has 0 spiro atoms. The molecule has 4 rings (SSSR count). The lowest BCUT2D eigenvalue weighted by atomic mass is 9.85. The minimum atomic E-state index is -0.399. The predicted molar refractivity (Wildman–Crippen MR) is 112 cm³/mol. The van der Waals surface area contributed by atoms with E-state index in [4.69, 9.17) is 9.47 Å². The highest BCUT2D eigenvalue weighted by Gasteiger charge is 2.36. The Morgan fingerprint density at radius 1 is 1.07 bits per heavy atom. The second-order valence-corrected chi connectivity index (χ2v) is 8.52. The van der Waals surface area contributed by atoms with Crippen molar-refractivity contribution in [3.8, 4) is 11.5 Å². The van der Waals surface area contributed by atoms with E-state index in [-0.39, 0.29) is 23.7 Å². The summed E-state index contributed by atoms with van der Waals surface area (Å²) in [6.45, 7) is 7.69. The first-order valence-electron chi connectivity index (χ1n) is 9.93. The minimum absolute atomic E-state index is 0.0639. The van der Waals surface area contributed by atoms with Crippen LogP contribution in [0.15, 0.2) is 42.5 Å². The highest BCUT2D eigenvalue weighted by atomic mass is 16.6. The zero-order chi connectivity index (χ0) is 20.6. The quantitative estimate of drug-likeness (QED) is 0.861. The lowest BCUT2D eigenvalue weighted by molar-refractivity contribution is -0.122. The van der Waals surface area contributed by atoms with Crippen molar-refractivity contribution in [2.75, 3.05) is 30.0 Å². The van der Waals surface area contributed by atoms with Gasteiger partial charge in [-0.05, 0) is 29.2 Å². The van der Waals surface area contributed by atoms with Crippen molar-refractivity contribution in [1.29, 1.82) is 0 Å². The van der Waals surface area contributed by atoms with Crippen LogP contribution in [0, 0.1) is 5.92 Å². The van der Waals surface area contributed by atoms with Gasteiger partial charge in [-0.15, -0.1) is 0 Å². The number of ether oxygens (including phenoxy) is 2. The maximum Gasteiger partial charge on any atom is 0.229 e. The fourth-order valence-corrected chi connectivity index (χ4v) is 3.81. The number of carbonyl (C=O) groups is 2. The molecule has 0 bridgehead atoms. The molecule has 0 unspecified atom stereocenters. The van der Waals surface area contributed by atoms with E-state index >= 15 is 0 Å². The van der Waals surface area contributed by atoms with Gasteiger partial charge in [0.15, 0.2) is 11.5 Å². The molecule has 1 fully saturated rings. The highest BCUT2D eigenvalue weighted by Crippen LogP contribution is 2.36. The molecule has 1 atom stereocenters. The molecule has 6 heteroatoms. The van der Waals surface area contributed by atoms with E-state index in [2.05, 4.69) is 26.1 Å². The van der Waals surface area contributed by atoms with E-state index in [1.807, 2.05) is 42.5 Å². The third-order valence-electron chi connectivity index (χ3n) is 5.33. The van der Waals surface area contributed by atoms with Gasteiger partial charge in [-0.3, -0.25) is 9.59 Å². The number of hydrogen-bond acceptors (Lipinski definition) is 4. The van der Waals surface area contributed by atoms with Crippen LogP contribution in [0.4, 0.5) is 11.4 Å². The second kappa shape index (κ2) is 7.43. The molecule has 6 nitrogen and oxygen atoms in total. The summed E-state index contributed by atoms with van der Waals surface area (Å²) >= 11 is 0. The van der Waals surface area contributed by atoms with Crippen LogP contribution in [-0.4, -0.2) is 31.6 Å². The summed E-state index contributed by atoms with van der Waals surface area (Å²) in [5.41, 5.74) is 2.51. The molecule has 2 aromatic rings. The molecule has 0 aliphatic carbocycles. The number of rotatable bonds is 3. The molecule has 0 radical (unpaired) electrons. The summed E-state index contributed by atoms with van der Waals surface area (Å²) in [5.74, 6) is 0.720. The summed E-state index contributed by atoms with van der Waals surface area (Å²) in [6.07, 6.45) is 0.192. The normalized spacial score (nSPS) is 18.7. The Kier molecular flexibility index (Phi) is 4.94. The average molecular weight is 394 g/mol. The number of anilines is 2. The predicted octanol–water partition coefficient (Wildman–Crippen LogP) is 3.75. The van der Waals surface area contributed by atoms with E-state index in [1.165, 1.54) is 0 Å². The fourth-order valence-electron chi connectivity index (χ4n) is 3.81. The van der Waals surface area contributed by atoms with Gasteiger partial charge in [0.1, 0.15) is 13.2 Å². The molecule has 2 aliphatic heterocycles. The van der Waals surface area contributed by atoms with E-state index < -0.39 is 5.92 Å². The molecular formula is C23H26N2O4. The van der Waals surface area contributed by atoms with Crippen LogP contribution in [-0.2, 0) is 15.0 Å². The summed E-state index contributed by atoms with van der Waals surface area (Å²) < 4.78 is 11.2. The molecule has 0 saturated carbocycles. The van der Waals surface area contributed by atoms with Crippen molar-refractivity contribution in [1.82, 2.24) is 0 Å². The van der Waals surface area contributed by atoms with Gasteiger partial charge in [-0.2, -0.15) is 0 Å². The van der Waals surface area contributed by atoms with Gasteiger partial charge in [0, 0.05) is 30.4 Å². The lowest BCUT2D eigenvalue weighted by Crippen LogP contribution is -2.29. The Morgan fingerprint density at radius 3 is 2.55 bits per heavy atom. The van der Waals surface area contributed by atoms with Crippen molar-refractivity contribution >= 4 is 23.2 Å².